The summed E-state index contributed by atoms with van der Waals surface area (Å²) < 4.78 is 0. The Kier molecular flexibility index (Phi) is 7.03. The van der Waals surface area contributed by atoms with Gasteiger partial charge in [-0.3, -0.25) is 4.79 Å². The Bertz CT molecular complexity index is 902. The van der Waals surface area contributed by atoms with Crippen molar-refractivity contribution in [3.05, 3.63) is 41.6 Å². The maximum atomic E-state index is 13.1. The average molecular weight is 423 g/mol. The Hall–Kier alpha value is -2.43. The number of nitrogens with zero attached hydrogens (tertiary/aromatic N) is 4. The first kappa shape index (κ1) is 23.2. The minimum absolute atomic E-state index is 0.239. The summed E-state index contributed by atoms with van der Waals surface area (Å²) in [5.41, 5.74) is 3.43. The Morgan fingerprint density at radius 1 is 1.13 bits per heavy atom. The zero-order valence-electron chi connectivity index (χ0n) is 20.3. The second-order valence-corrected chi connectivity index (χ2v) is 10.5. The highest BCUT2D eigenvalue weighted by molar-refractivity contribution is 5.77. The van der Waals surface area contributed by atoms with Crippen LogP contribution in [-0.4, -0.2) is 40.4 Å². The molecule has 5 heteroatoms. The highest BCUT2D eigenvalue weighted by atomic mass is 16.2. The van der Waals surface area contributed by atoms with Crippen molar-refractivity contribution >= 4 is 11.7 Å². The van der Waals surface area contributed by atoms with Gasteiger partial charge in [0.05, 0.1) is 12.2 Å². The molecule has 0 unspecified atom stereocenters. The lowest BCUT2D eigenvalue weighted by Crippen LogP contribution is -2.39. The van der Waals surface area contributed by atoms with Crippen LogP contribution in [0.3, 0.4) is 0 Å². The average Bonchev–Trinajstić information content (AvgIpc) is 2.71. The van der Waals surface area contributed by atoms with Crippen molar-refractivity contribution in [2.45, 2.75) is 73.4 Å². The molecule has 2 aromatic rings. The van der Waals surface area contributed by atoms with Crippen molar-refractivity contribution in [1.29, 1.82) is 0 Å². The summed E-state index contributed by atoms with van der Waals surface area (Å²) >= 11 is 0. The molecular formula is C26H38N4O. The number of fused-ring (bicyclic) bond motifs is 1. The Morgan fingerprint density at radius 2 is 1.81 bits per heavy atom. The first-order chi connectivity index (χ1) is 14.5. The van der Waals surface area contributed by atoms with Crippen LogP contribution in [0.5, 0.6) is 0 Å². The van der Waals surface area contributed by atoms with E-state index in [-0.39, 0.29) is 11.3 Å². The topological polar surface area (TPSA) is 49.3 Å². The Morgan fingerprint density at radius 3 is 2.42 bits per heavy atom. The van der Waals surface area contributed by atoms with Crippen LogP contribution in [0, 0.1) is 11.3 Å². The summed E-state index contributed by atoms with van der Waals surface area (Å²) in [6.45, 7) is 14.5. The Balaban J connectivity index is 1.87. The van der Waals surface area contributed by atoms with Gasteiger partial charge in [-0.25, -0.2) is 9.97 Å². The number of hydrogen-bond acceptors (Lipinski definition) is 4. The van der Waals surface area contributed by atoms with Gasteiger partial charge in [-0.05, 0) is 31.6 Å². The van der Waals surface area contributed by atoms with Crippen LogP contribution in [0.1, 0.15) is 65.6 Å². The summed E-state index contributed by atoms with van der Waals surface area (Å²) in [6, 6.07) is 10.5. The van der Waals surface area contributed by atoms with E-state index in [4.69, 9.17) is 9.97 Å². The molecule has 0 spiro atoms. The molecule has 1 amide bonds. The second kappa shape index (κ2) is 9.37. The third-order valence-corrected chi connectivity index (χ3v) is 6.02. The molecule has 0 fully saturated rings. The van der Waals surface area contributed by atoms with Crippen molar-refractivity contribution in [1.82, 2.24) is 14.9 Å². The minimum Gasteiger partial charge on any atom is -0.357 e. The van der Waals surface area contributed by atoms with Crippen LogP contribution in [0.4, 0.5) is 5.82 Å². The predicted molar refractivity (Wildman–Crippen MR) is 128 cm³/mol. The van der Waals surface area contributed by atoms with E-state index >= 15 is 0 Å². The fourth-order valence-electron chi connectivity index (χ4n) is 4.41. The van der Waals surface area contributed by atoms with Gasteiger partial charge in [-0.2, -0.15) is 0 Å². The van der Waals surface area contributed by atoms with Crippen LogP contribution in [0.15, 0.2) is 30.3 Å². The highest BCUT2D eigenvalue weighted by Gasteiger charge is 2.29. The fraction of sp³-hybridized carbons (Fsp3) is 0.577. The summed E-state index contributed by atoms with van der Waals surface area (Å²) in [7, 11) is 2.08. The van der Waals surface area contributed by atoms with Crippen molar-refractivity contribution in [2.75, 3.05) is 18.5 Å². The van der Waals surface area contributed by atoms with E-state index in [2.05, 4.69) is 65.6 Å². The van der Waals surface area contributed by atoms with Gasteiger partial charge in [0.15, 0.2) is 5.82 Å². The van der Waals surface area contributed by atoms with Gasteiger partial charge in [0.2, 0.25) is 5.91 Å². The lowest BCUT2D eigenvalue weighted by molar-refractivity contribution is -0.133. The van der Waals surface area contributed by atoms with Crippen LogP contribution in [-0.2, 0) is 17.8 Å². The Labute approximate surface area is 187 Å². The van der Waals surface area contributed by atoms with Gasteiger partial charge in [0.25, 0.3) is 0 Å². The van der Waals surface area contributed by atoms with Crippen LogP contribution < -0.4 is 4.90 Å². The molecular weight excluding hydrogens is 384 g/mol. The molecule has 1 aromatic carbocycles. The van der Waals surface area contributed by atoms with Crippen LogP contribution >= 0.6 is 0 Å². The number of anilines is 1. The normalized spacial score (nSPS) is 15.0. The number of benzene rings is 1. The largest absolute Gasteiger partial charge is 0.357 e. The summed E-state index contributed by atoms with van der Waals surface area (Å²) in [6.07, 6.45) is 2.43. The van der Waals surface area contributed by atoms with E-state index in [0.717, 1.165) is 47.8 Å². The molecule has 1 aromatic heterocycles. The molecule has 1 atom stereocenters. The number of hydrogen-bond donors (Lipinski definition) is 0. The molecule has 0 N–H and O–H groups in total. The molecule has 0 bridgehead atoms. The van der Waals surface area contributed by atoms with Gasteiger partial charge >= 0.3 is 0 Å². The monoisotopic (exact) mass is 422 g/mol. The summed E-state index contributed by atoms with van der Waals surface area (Å²) in [4.78, 5) is 27.2. The number of aromatic nitrogens is 2. The smallest absolute Gasteiger partial charge is 0.223 e. The maximum absolute atomic E-state index is 13.1. The van der Waals surface area contributed by atoms with Gasteiger partial charge in [0.1, 0.15) is 5.82 Å². The third-order valence-electron chi connectivity index (χ3n) is 6.02. The number of rotatable bonds is 6. The summed E-state index contributed by atoms with van der Waals surface area (Å²) in [5.74, 6) is 2.33. The van der Waals surface area contributed by atoms with Gasteiger partial charge in [-0.15, -0.1) is 0 Å². The minimum atomic E-state index is 0.239. The first-order valence-corrected chi connectivity index (χ1v) is 11.5. The SMILES string of the molecule is CC(C)N(C)c1nc(-c2ccccc2)nc2c1CN(C(=O)C[C@H](C)CC(C)(C)C)CC2. The molecule has 2 heterocycles. The lowest BCUT2D eigenvalue weighted by atomic mass is 9.84. The van der Waals surface area contributed by atoms with Crippen molar-refractivity contribution < 1.29 is 4.79 Å². The summed E-state index contributed by atoms with van der Waals surface area (Å²) in [5, 5.41) is 0. The molecule has 1 aliphatic heterocycles. The van der Waals surface area contributed by atoms with E-state index < -0.39 is 0 Å². The van der Waals surface area contributed by atoms with Crippen molar-refractivity contribution in [3.8, 4) is 11.4 Å². The van der Waals surface area contributed by atoms with Crippen LogP contribution in [0.25, 0.3) is 11.4 Å². The fourth-order valence-corrected chi connectivity index (χ4v) is 4.41. The highest BCUT2D eigenvalue weighted by Crippen LogP contribution is 2.31. The van der Waals surface area contributed by atoms with E-state index in [9.17, 15) is 4.79 Å². The lowest BCUT2D eigenvalue weighted by Gasteiger charge is -2.34. The standard InChI is InChI=1S/C26H38N4O/c1-18(2)29(7)25-21-17-30(23(31)15-19(3)16-26(4,5)6)14-13-22(21)27-24(28-25)20-11-9-8-10-12-20/h8-12,18-19H,13-17H2,1-7H3/t19-/m0/s1. The molecule has 31 heavy (non-hydrogen) atoms. The maximum Gasteiger partial charge on any atom is 0.223 e. The molecule has 0 saturated heterocycles. The molecule has 1 aliphatic rings. The zero-order valence-corrected chi connectivity index (χ0v) is 20.3. The molecule has 5 nitrogen and oxygen atoms in total. The van der Waals surface area contributed by atoms with E-state index in [1.807, 2.05) is 23.1 Å². The number of carbonyl (C=O) groups is 1. The zero-order chi connectivity index (χ0) is 22.8. The van der Waals surface area contributed by atoms with E-state index in [1.54, 1.807) is 0 Å². The second-order valence-electron chi connectivity index (χ2n) is 10.5. The van der Waals surface area contributed by atoms with E-state index in [0.29, 0.717) is 24.9 Å². The molecule has 168 valence electrons. The van der Waals surface area contributed by atoms with Crippen molar-refractivity contribution in [2.24, 2.45) is 11.3 Å². The molecule has 0 saturated carbocycles. The van der Waals surface area contributed by atoms with Crippen LogP contribution in [0.2, 0.25) is 0 Å². The number of carbonyl (C=O) groups excluding carboxylic acids is 1. The molecule has 3 rings (SSSR count). The first-order valence-electron chi connectivity index (χ1n) is 11.5. The molecule has 0 radical (unpaired) electrons. The quantitative estimate of drug-likeness (QED) is 0.631. The van der Waals surface area contributed by atoms with E-state index in [1.165, 1.54) is 0 Å². The van der Waals surface area contributed by atoms with Gasteiger partial charge in [-0.1, -0.05) is 58.0 Å². The van der Waals surface area contributed by atoms with Crippen molar-refractivity contribution in [3.63, 3.8) is 0 Å². The number of amides is 1. The predicted octanol–water partition coefficient (Wildman–Crippen LogP) is 5.34. The third kappa shape index (κ3) is 5.84. The molecule has 0 aliphatic carbocycles. The van der Waals surface area contributed by atoms with Gasteiger partial charge < -0.3 is 9.80 Å². The van der Waals surface area contributed by atoms with Gasteiger partial charge in [0, 0.05) is 43.6 Å².